The Morgan fingerprint density at radius 1 is 1.50 bits per heavy atom. The first-order valence-corrected chi connectivity index (χ1v) is 5.30. The second-order valence-electron chi connectivity index (χ2n) is 3.37. The van der Waals surface area contributed by atoms with E-state index in [9.17, 15) is 0 Å². The van der Waals surface area contributed by atoms with Crippen molar-refractivity contribution in [1.82, 2.24) is 5.32 Å². The summed E-state index contributed by atoms with van der Waals surface area (Å²) in [5, 5.41) is 4.18. The highest BCUT2D eigenvalue weighted by atomic mass is 35.5. The van der Waals surface area contributed by atoms with Gasteiger partial charge < -0.3 is 11.1 Å². The van der Waals surface area contributed by atoms with Gasteiger partial charge in [-0.15, -0.1) is 0 Å². The predicted molar refractivity (Wildman–Crippen MR) is 61.5 cm³/mol. The summed E-state index contributed by atoms with van der Waals surface area (Å²) < 4.78 is 0. The summed E-state index contributed by atoms with van der Waals surface area (Å²) in [6.45, 7) is 3.81. The van der Waals surface area contributed by atoms with Crippen LogP contribution in [0.3, 0.4) is 0 Å². The molecule has 2 nitrogen and oxygen atoms in total. The van der Waals surface area contributed by atoms with Gasteiger partial charge in [0.15, 0.2) is 0 Å². The first kappa shape index (κ1) is 11.5. The Hall–Kier alpha value is -0.570. The summed E-state index contributed by atoms with van der Waals surface area (Å²) in [5.41, 5.74) is 6.63. The molecule has 3 heteroatoms. The van der Waals surface area contributed by atoms with Gasteiger partial charge in [0, 0.05) is 11.1 Å². The van der Waals surface area contributed by atoms with Gasteiger partial charge in [0.2, 0.25) is 0 Å². The number of benzene rings is 1. The highest BCUT2D eigenvalue weighted by molar-refractivity contribution is 6.30. The van der Waals surface area contributed by atoms with E-state index in [1.807, 2.05) is 18.2 Å². The zero-order valence-electron chi connectivity index (χ0n) is 8.46. The molecule has 14 heavy (non-hydrogen) atoms. The minimum atomic E-state index is 0.334. The third kappa shape index (κ3) is 3.66. The van der Waals surface area contributed by atoms with E-state index in [2.05, 4.69) is 18.3 Å². The van der Waals surface area contributed by atoms with Crippen molar-refractivity contribution in [2.24, 2.45) is 5.73 Å². The molecule has 0 bridgehead atoms. The average molecular weight is 213 g/mol. The van der Waals surface area contributed by atoms with Gasteiger partial charge >= 0.3 is 0 Å². The van der Waals surface area contributed by atoms with Crippen LogP contribution in [0.25, 0.3) is 0 Å². The predicted octanol–water partition coefficient (Wildman–Crippen LogP) is 2.34. The summed E-state index contributed by atoms with van der Waals surface area (Å²) >= 11 is 5.90. The molecule has 1 atom stereocenters. The highest BCUT2D eigenvalue weighted by Crippen LogP contribution is 2.16. The monoisotopic (exact) mass is 212 g/mol. The lowest BCUT2D eigenvalue weighted by Gasteiger charge is -2.13. The molecule has 0 aliphatic carbocycles. The summed E-state index contributed by atoms with van der Waals surface area (Å²) in [4.78, 5) is 0. The molecule has 3 N–H and O–H groups in total. The topological polar surface area (TPSA) is 38.0 Å². The van der Waals surface area contributed by atoms with E-state index in [1.165, 1.54) is 5.56 Å². The van der Waals surface area contributed by atoms with Crippen molar-refractivity contribution in [3.63, 3.8) is 0 Å². The van der Waals surface area contributed by atoms with E-state index in [1.54, 1.807) is 0 Å². The van der Waals surface area contributed by atoms with E-state index in [-0.39, 0.29) is 0 Å². The van der Waals surface area contributed by atoms with Crippen LogP contribution in [0.2, 0.25) is 5.02 Å². The normalized spacial score (nSPS) is 12.8. The fraction of sp³-hybridized carbons (Fsp3) is 0.455. The van der Waals surface area contributed by atoms with Crippen LogP contribution in [0.1, 0.15) is 24.9 Å². The van der Waals surface area contributed by atoms with E-state index in [0.717, 1.165) is 24.5 Å². The van der Waals surface area contributed by atoms with Crippen molar-refractivity contribution in [2.75, 3.05) is 13.1 Å². The van der Waals surface area contributed by atoms with Crippen molar-refractivity contribution < 1.29 is 0 Å². The third-order valence-corrected chi connectivity index (χ3v) is 2.42. The molecule has 0 amide bonds. The van der Waals surface area contributed by atoms with Crippen LogP contribution in [-0.4, -0.2) is 13.1 Å². The maximum Gasteiger partial charge on any atom is 0.0409 e. The molecule has 1 aromatic carbocycles. The van der Waals surface area contributed by atoms with Gasteiger partial charge in [0.05, 0.1) is 0 Å². The molecule has 78 valence electrons. The number of nitrogens with one attached hydrogen (secondary N) is 1. The summed E-state index contributed by atoms with van der Waals surface area (Å²) in [5.74, 6) is 0. The number of rotatable bonds is 5. The van der Waals surface area contributed by atoms with Crippen molar-refractivity contribution in [3.05, 3.63) is 34.9 Å². The second kappa shape index (κ2) is 6.02. The molecule has 0 aliphatic heterocycles. The minimum Gasteiger partial charge on any atom is -0.330 e. The Labute approximate surface area is 90.4 Å². The summed E-state index contributed by atoms with van der Waals surface area (Å²) in [7, 11) is 0. The Balaban J connectivity index is 2.47. The molecule has 0 radical (unpaired) electrons. The van der Waals surface area contributed by atoms with Crippen LogP contribution >= 0.6 is 11.6 Å². The molecule has 0 spiro atoms. The molecular weight excluding hydrogens is 196 g/mol. The second-order valence-corrected chi connectivity index (χ2v) is 3.81. The molecule has 0 aromatic heterocycles. The van der Waals surface area contributed by atoms with Gasteiger partial charge in [-0.2, -0.15) is 0 Å². The van der Waals surface area contributed by atoms with Crippen molar-refractivity contribution in [2.45, 2.75) is 19.4 Å². The zero-order valence-corrected chi connectivity index (χ0v) is 9.22. The molecule has 1 aromatic rings. The first-order chi connectivity index (χ1) is 6.74. The Morgan fingerprint density at radius 3 is 2.93 bits per heavy atom. The molecule has 0 fully saturated rings. The molecule has 0 aliphatic rings. The van der Waals surface area contributed by atoms with Crippen molar-refractivity contribution >= 4 is 11.6 Å². The number of hydrogen-bond donors (Lipinski definition) is 2. The average Bonchev–Trinajstić information content (AvgIpc) is 2.18. The van der Waals surface area contributed by atoms with Crippen LogP contribution in [0.5, 0.6) is 0 Å². The first-order valence-electron chi connectivity index (χ1n) is 4.93. The Morgan fingerprint density at radius 2 is 2.29 bits per heavy atom. The smallest absolute Gasteiger partial charge is 0.0409 e. The summed E-state index contributed by atoms with van der Waals surface area (Å²) in [6, 6.07) is 8.25. The van der Waals surface area contributed by atoms with Crippen LogP contribution in [0, 0.1) is 0 Å². The fourth-order valence-electron chi connectivity index (χ4n) is 1.31. The van der Waals surface area contributed by atoms with Gasteiger partial charge in [-0.3, -0.25) is 0 Å². The van der Waals surface area contributed by atoms with Crippen LogP contribution in [0.4, 0.5) is 0 Å². The summed E-state index contributed by atoms with van der Waals surface area (Å²) in [6.07, 6.45) is 1.00. The van der Waals surface area contributed by atoms with Crippen molar-refractivity contribution in [1.29, 1.82) is 0 Å². The van der Waals surface area contributed by atoms with Crippen LogP contribution in [0.15, 0.2) is 24.3 Å². The van der Waals surface area contributed by atoms with E-state index < -0.39 is 0 Å². The fourth-order valence-corrected chi connectivity index (χ4v) is 1.51. The van der Waals surface area contributed by atoms with Gasteiger partial charge in [-0.05, 0) is 44.1 Å². The largest absolute Gasteiger partial charge is 0.330 e. The maximum atomic E-state index is 5.90. The molecule has 1 rings (SSSR count). The Bertz CT molecular complexity index is 276. The molecule has 0 saturated carbocycles. The molecule has 1 unspecified atom stereocenters. The van der Waals surface area contributed by atoms with E-state index >= 15 is 0 Å². The maximum absolute atomic E-state index is 5.90. The number of hydrogen-bond acceptors (Lipinski definition) is 2. The highest BCUT2D eigenvalue weighted by Gasteiger charge is 2.03. The number of nitrogens with two attached hydrogens (primary N) is 1. The lowest BCUT2D eigenvalue weighted by molar-refractivity contribution is 0.562. The minimum absolute atomic E-state index is 0.334. The number of halogens is 1. The van der Waals surface area contributed by atoms with Crippen molar-refractivity contribution in [3.8, 4) is 0 Å². The lowest BCUT2D eigenvalue weighted by Crippen LogP contribution is -2.21. The van der Waals surface area contributed by atoms with Gasteiger partial charge in [0.25, 0.3) is 0 Å². The SMILES string of the molecule is CC(NCCCN)c1cccc(Cl)c1. The van der Waals surface area contributed by atoms with E-state index in [4.69, 9.17) is 17.3 Å². The standard InChI is InChI=1S/C11H17ClN2/c1-9(14-7-3-6-13)10-4-2-5-11(12)8-10/h2,4-5,8-9,14H,3,6-7,13H2,1H3. The lowest BCUT2D eigenvalue weighted by atomic mass is 10.1. The molecule has 0 heterocycles. The van der Waals surface area contributed by atoms with Gasteiger partial charge in [-0.1, -0.05) is 23.7 Å². The van der Waals surface area contributed by atoms with Gasteiger partial charge in [-0.25, -0.2) is 0 Å². The van der Waals surface area contributed by atoms with Gasteiger partial charge in [0.1, 0.15) is 0 Å². The third-order valence-electron chi connectivity index (χ3n) is 2.18. The van der Waals surface area contributed by atoms with Crippen LogP contribution in [-0.2, 0) is 0 Å². The quantitative estimate of drug-likeness (QED) is 0.736. The molecule has 0 saturated heterocycles. The van der Waals surface area contributed by atoms with Crippen LogP contribution < -0.4 is 11.1 Å². The zero-order chi connectivity index (χ0) is 10.4. The van der Waals surface area contributed by atoms with E-state index in [0.29, 0.717) is 6.04 Å². The molecular formula is C11H17ClN2. The Kier molecular flexibility index (Phi) is 4.94.